The number of ether oxygens (including phenoxy) is 1. The fraction of sp³-hybridized carbons (Fsp3) is 0.462. The zero-order valence-electron chi connectivity index (χ0n) is 10.7. The Bertz CT molecular complexity index is 440. The molecule has 1 saturated heterocycles. The first kappa shape index (κ1) is 14.3. The summed E-state index contributed by atoms with van der Waals surface area (Å²) in [6.07, 6.45) is -0.257. The van der Waals surface area contributed by atoms with Crippen molar-refractivity contribution < 1.29 is 9.53 Å². The van der Waals surface area contributed by atoms with Crippen LogP contribution in [0.3, 0.4) is 0 Å². The third kappa shape index (κ3) is 3.25. The molecule has 0 spiro atoms. The highest BCUT2D eigenvalue weighted by Gasteiger charge is 2.24. The fourth-order valence-corrected chi connectivity index (χ4v) is 2.76. The summed E-state index contributed by atoms with van der Waals surface area (Å²) in [6, 6.07) is 5.46. The maximum absolute atomic E-state index is 11.6. The molecular formula is C13H16Cl2N2O2. The average Bonchev–Trinajstić information content (AvgIpc) is 2.39. The zero-order chi connectivity index (χ0) is 13.8. The lowest BCUT2D eigenvalue weighted by molar-refractivity contribution is 0.105. The van der Waals surface area contributed by atoms with Gasteiger partial charge in [0, 0.05) is 26.2 Å². The van der Waals surface area contributed by atoms with Gasteiger partial charge in [-0.05, 0) is 19.1 Å². The number of hydrogen-bond acceptors (Lipinski definition) is 3. The van der Waals surface area contributed by atoms with Gasteiger partial charge in [-0.25, -0.2) is 4.79 Å². The van der Waals surface area contributed by atoms with Gasteiger partial charge in [0.1, 0.15) is 0 Å². The number of nitrogens with zero attached hydrogens (tertiary/aromatic N) is 2. The molecule has 0 atom stereocenters. The van der Waals surface area contributed by atoms with Gasteiger partial charge < -0.3 is 14.5 Å². The Labute approximate surface area is 122 Å². The van der Waals surface area contributed by atoms with Crippen molar-refractivity contribution in [2.45, 2.75) is 6.92 Å². The molecule has 1 heterocycles. The first-order valence-corrected chi connectivity index (χ1v) is 6.99. The van der Waals surface area contributed by atoms with Crippen LogP contribution < -0.4 is 4.90 Å². The standard InChI is InChI=1S/C13H16Cl2N2O2/c1-2-19-13(18)17-8-6-16(7-9-17)12-10(14)4-3-5-11(12)15/h3-5H,2,6-9H2,1H3. The van der Waals surface area contributed by atoms with Crippen molar-refractivity contribution in [2.24, 2.45) is 0 Å². The highest BCUT2D eigenvalue weighted by atomic mass is 35.5. The molecule has 2 rings (SSSR count). The van der Waals surface area contributed by atoms with E-state index < -0.39 is 0 Å². The minimum absolute atomic E-state index is 0.257. The lowest BCUT2D eigenvalue weighted by atomic mass is 10.2. The molecule has 0 radical (unpaired) electrons. The Hall–Kier alpha value is -1.13. The van der Waals surface area contributed by atoms with Gasteiger partial charge in [-0.3, -0.25) is 0 Å². The summed E-state index contributed by atoms with van der Waals surface area (Å²) in [6.45, 7) is 4.82. The second-order valence-electron chi connectivity index (χ2n) is 4.24. The van der Waals surface area contributed by atoms with Gasteiger partial charge in [0.2, 0.25) is 0 Å². The summed E-state index contributed by atoms with van der Waals surface area (Å²) in [7, 11) is 0. The van der Waals surface area contributed by atoms with Crippen molar-refractivity contribution in [3.63, 3.8) is 0 Å². The summed E-state index contributed by atoms with van der Waals surface area (Å²) < 4.78 is 4.99. The Balaban J connectivity index is 2.02. The van der Waals surface area contributed by atoms with Crippen LogP contribution in [-0.4, -0.2) is 43.8 Å². The van der Waals surface area contributed by atoms with E-state index in [0.29, 0.717) is 42.8 Å². The summed E-state index contributed by atoms with van der Waals surface area (Å²) >= 11 is 12.4. The lowest BCUT2D eigenvalue weighted by Gasteiger charge is -2.36. The average molecular weight is 303 g/mol. The van der Waals surface area contributed by atoms with Crippen LogP contribution in [0, 0.1) is 0 Å². The van der Waals surface area contributed by atoms with Crippen molar-refractivity contribution in [1.29, 1.82) is 0 Å². The molecule has 0 bridgehead atoms. The number of amides is 1. The number of anilines is 1. The van der Waals surface area contributed by atoms with Crippen molar-refractivity contribution in [2.75, 3.05) is 37.7 Å². The summed E-state index contributed by atoms with van der Waals surface area (Å²) in [5.41, 5.74) is 0.842. The van der Waals surface area contributed by atoms with Crippen molar-refractivity contribution in [1.82, 2.24) is 4.90 Å². The number of hydrogen-bond donors (Lipinski definition) is 0. The number of para-hydroxylation sites is 1. The second-order valence-corrected chi connectivity index (χ2v) is 5.06. The minimum atomic E-state index is -0.257. The van der Waals surface area contributed by atoms with Crippen LogP contribution in [0.25, 0.3) is 0 Å². The molecule has 1 aliphatic rings. The van der Waals surface area contributed by atoms with Gasteiger partial charge in [-0.15, -0.1) is 0 Å². The largest absolute Gasteiger partial charge is 0.450 e. The highest BCUT2D eigenvalue weighted by Crippen LogP contribution is 2.33. The third-order valence-corrected chi connectivity index (χ3v) is 3.67. The molecule has 1 aromatic carbocycles. The number of piperazine rings is 1. The fourth-order valence-electron chi connectivity index (χ4n) is 2.12. The predicted molar refractivity (Wildman–Crippen MR) is 77.3 cm³/mol. The van der Waals surface area contributed by atoms with Crippen LogP contribution in [0.5, 0.6) is 0 Å². The molecule has 4 nitrogen and oxygen atoms in total. The van der Waals surface area contributed by atoms with Crippen LogP contribution in [0.4, 0.5) is 10.5 Å². The van der Waals surface area contributed by atoms with E-state index in [1.165, 1.54) is 0 Å². The molecule has 6 heteroatoms. The molecule has 19 heavy (non-hydrogen) atoms. The Morgan fingerprint density at radius 2 is 1.79 bits per heavy atom. The number of carbonyl (C=O) groups is 1. The molecule has 1 aliphatic heterocycles. The summed E-state index contributed by atoms with van der Waals surface area (Å²) in [4.78, 5) is 15.4. The minimum Gasteiger partial charge on any atom is -0.450 e. The number of halogens is 2. The Kier molecular flexibility index (Phi) is 4.77. The maximum Gasteiger partial charge on any atom is 0.409 e. The first-order valence-electron chi connectivity index (χ1n) is 6.24. The second kappa shape index (κ2) is 6.35. The highest BCUT2D eigenvalue weighted by molar-refractivity contribution is 6.39. The van der Waals surface area contributed by atoms with E-state index in [-0.39, 0.29) is 6.09 Å². The molecule has 1 fully saturated rings. The molecule has 1 amide bonds. The van der Waals surface area contributed by atoms with Crippen LogP contribution >= 0.6 is 23.2 Å². The molecule has 0 N–H and O–H groups in total. The monoisotopic (exact) mass is 302 g/mol. The molecular weight excluding hydrogens is 287 g/mol. The van der Waals surface area contributed by atoms with Gasteiger partial charge >= 0.3 is 6.09 Å². The molecule has 104 valence electrons. The quantitative estimate of drug-likeness (QED) is 0.840. The Morgan fingerprint density at radius 1 is 1.21 bits per heavy atom. The molecule has 1 aromatic rings. The van der Waals surface area contributed by atoms with E-state index in [4.69, 9.17) is 27.9 Å². The van der Waals surface area contributed by atoms with E-state index in [2.05, 4.69) is 4.90 Å². The molecule has 0 aromatic heterocycles. The van der Waals surface area contributed by atoms with Gasteiger partial charge in [0.15, 0.2) is 0 Å². The smallest absolute Gasteiger partial charge is 0.409 e. The van der Waals surface area contributed by atoms with E-state index in [1.807, 2.05) is 18.2 Å². The van der Waals surface area contributed by atoms with Gasteiger partial charge in [-0.1, -0.05) is 29.3 Å². The number of benzene rings is 1. The first-order chi connectivity index (χ1) is 9.13. The normalized spacial score (nSPS) is 15.5. The lowest BCUT2D eigenvalue weighted by Crippen LogP contribution is -2.49. The van der Waals surface area contributed by atoms with Crippen molar-refractivity contribution in [3.05, 3.63) is 28.2 Å². The van der Waals surface area contributed by atoms with Crippen molar-refractivity contribution >= 4 is 35.0 Å². The van der Waals surface area contributed by atoms with E-state index in [0.717, 1.165) is 5.69 Å². The predicted octanol–water partition coefficient (Wildman–Crippen LogP) is 3.27. The molecule has 0 unspecified atom stereocenters. The zero-order valence-corrected chi connectivity index (χ0v) is 12.2. The van der Waals surface area contributed by atoms with Gasteiger partial charge in [0.05, 0.1) is 22.3 Å². The van der Waals surface area contributed by atoms with Crippen LogP contribution in [0.1, 0.15) is 6.92 Å². The van der Waals surface area contributed by atoms with Gasteiger partial charge in [-0.2, -0.15) is 0 Å². The topological polar surface area (TPSA) is 32.8 Å². The summed E-state index contributed by atoms with van der Waals surface area (Å²) in [5.74, 6) is 0. The van der Waals surface area contributed by atoms with E-state index >= 15 is 0 Å². The van der Waals surface area contributed by atoms with Crippen LogP contribution in [0.2, 0.25) is 10.0 Å². The maximum atomic E-state index is 11.6. The Morgan fingerprint density at radius 3 is 2.32 bits per heavy atom. The number of rotatable bonds is 2. The van der Waals surface area contributed by atoms with E-state index in [9.17, 15) is 4.79 Å². The molecule has 0 aliphatic carbocycles. The van der Waals surface area contributed by atoms with Crippen LogP contribution in [0.15, 0.2) is 18.2 Å². The van der Waals surface area contributed by atoms with E-state index in [1.54, 1.807) is 11.8 Å². The van der Waals surface area contributed by atoms with Crippen molar-refractivity contribution in [3.8, 4) is 0 Å². The number of carbonyl (C=O) groups excluding carboxylic acids is 1. The molecule has 0 saturated carbocycles. The SMILES string of the molecule is CCOC(=O)N1CCN(c2c(Cl)cccc2Cl)CC1. The van der Waals surface area contributed by atoms with Crippen LogP contribution in [-0.2, 0) is 4.74 Å². The third-order valence-electron chi connectivity index (χ3n) is 3.06. The summed E-state index contributed by atoms with van der Waals surface area (Å²) in [5, 5.41) is 1.27. The van der Waals surface area contributed by atoms with Gasteiger partial charge in [0.25, 0.3) is 0 Å².